The van der Waals surface area contributed by atoms with E-state index < -0.39 is 48.9 Å². The van der Waals surface area contributed by atoms with Gasteiger partial charge in [0.05, 0.1) is 23.9 Å². The Labute approximate surface area is 140 Å². The number of rotatable bonds is 8. The van der Waals surface area contributed by atoms with Crippen LogP contribution in [0.3, 0.4) is 0 Å². The van der Waals surface area contributed by atoms with Gasteiger partial charge in [0.25, 0.3) is 0 Å². The maximum Gasteiger partial charge on any atom is 0.333 e. The smallest absolute Gasteiger partial charge is 0.333 e. The standard InChI is InChI=1S/C16H26O8/c1-4-16(3,7-5-6-10(8-17)14(21)22)24-15-13(20)12(19)11(18)9(2)23-15/h4,6,9,11-13,15,17-20H,1,5,7-8H2,2-3H3,(H,21,22)/b10-6-/t9-,11-,12+,13-,15+,16-/m1/s1. The summed E-state index contributed by atoms with van der Waals surface area (Å²) in [5.74, 6) is -1.20. The highest BCUT2D eigenvalue weighted by molar-refractivity contribution is 5.86. The first-order valence-electron chi connectivity index (χ1n) is 7.69. The van der Waals surface area contributed by atoms with Crippen LogP contribution in [0.2, 0.25) is 0 Å². The Kier molecular flexibility index (Phi) is 7.53. The fourth-order valence-electron chi connectivity index (χ4n) is 2.34. The Morgan fingerprint density at radius 2 is 1.92 bits per heavy atom. The molecule has 0 radical (unpaired) electrons. The topological polar surface area (TPSA) is 137 Å². The molecule has 1 heterocycles. The number of aliphatic carboxylic acids is 1. The van der Waals surface area contributed by atoms with Gasteiger partial charge in [0, 0.05) is 0 Å². The normalized spacial score (nSPS) is 33.8. The molecular formula is C16H26O8. The number of carboxylic acid groups (broad SMARTS) is 1. The quantitative estimate of drug-likeness (QED) is 0.295. The average Bonchev–Trinajstić information content (AvgIpc) is 2.54. The Balaban J connectivity index is 2.74. The molecule has 0 aliphatic carbocycles. The number of allylic oxidation sites excluding steroid dienone is 1. The molecule has 0 spiro atoms. The van der Waals surface area contributed by atoms with Crippen LogP contribution in [0.15, 0.2) is 24.3 Å². The van der Waals surface area contributed by atoms with Gasteiger partial charge < -0.3 is 35.0 Å². The van der Waals surface area contributed by atoms with E-state index in [-0.39, 0.29) is 12.0 Å². The Morgan fingerprint density at radius 1 is 1.29 bits per heavy atom. The van der Waals surface area contributed by atoms with E-state index in [9.17, 15) is 20.1 Å². The van der Waals surface area contributed by atoms with E-state index in [2.05, 4.69) is 6.58 Å². The van der Waals surface area contributed by atoms with E-state index in [0.717, 1.165) is 0 Å². The molecule has 1 fully saturated rings. The highest BCUT2D eigenvalue weighted by atomic mass is 16.7. The molecule has 138 valence electrons. The van der Waals surface area contributed by atoms with Gasteiger partial charge in [0.15, 0.2) is 6.29 Å². The van der Waals surface area contributed by atoms with Gasteiger partial charge in [-0.05, 0) is 26.7 Å². The molecule has 0 unspecified atom stereocenters. The summed E-state index contributed by atoms with van der Waals surface area (Å²) < 4.78 is 11.1. The van der Waals surface area contributed by atoms with Crippen molar-refractivity contribution in [3.63, 3.8) is 0 Å². The second-order valence-electron chi connectivity index (χ2n) is 6.05. The van der Waals surface area contributed by atoms with Gasteiger partial charge in [-0.3, -0.25) is 0 Å². The molecule has 0 amide bonds. The minimum Gasteiger partial charge on any atom is -0.478 e. The largest absolute Gasteiger partial charge is 0.478 e. The van der Waals surface area contributed by atoms with Crippen LogP contribution in [-0.4, -0.2) is 74.4 Å². The van der Waals surface area contributed by atoms with Crippen LogP contribution in [0.5, 0.6) is 0 Å². The molecule has 0 aromatic heterocycles. The first-order chi connectivity index (χ1) is 11.1. The molecule has 8 heteroatoms. The Hall–Kier alpha value is -1.29. The van der Waals surface area contributed by atoms with Crippen LogP contribution in [0, 0.1) is 0 Å². The SMILES string of the molecule is C=C[C@](C)(CC/C=C(/CO)C(=O)O)O[C@@H]1O[C@H](C)[C@@H](O)[C@H](O)[C@H]1O. The van der Waals surface area contributed by atoms with Crippen LogP contribution in [-0.2, 0) is 14.3 Å². The van der Waals surface area contributed by atoms with Gasteiger partial charge in [0.2, 0.25) is 0 Å². The molecule has 0 saturated carbocycles. The molecule has 1 aliphatic heterocycles. The molecule has 1 aliphatic rings. The zero-order chi connectivity index (χ0) is 18.5. The van der Waals surface area contributed by atoms with Crippen LogP contribution in [0.25, 0.3) is 0 Å². The van der Waals surface area contributed by atoms with Gasteiger partial charge in [-0.1, -0.05) is 12.2 Å². The first kappa shape index (κ1) is 20.8. The van der Waals surface area contributed by atoms with Crippen LogP contribution < -0.4 is 0 Å². The third kappa shape index (κ3) is 5.10. The lowest BCUT2D eigenvalue weighted by atomic mass is 9.97. The average molecular weight is 346 g/mol. The monoisotopic (exact) mass is 346 g/mol. The third-order valence-electron chi connectivity index (χ3n) is 4.10. The van der Waals surface area contributed by atoms with Crippen LogP contribution >= 0.6 is 0 Å². The van der Waals surface area contributed by atoms with Crippen molar-refractivity contribution in [3.8, 4) is 0 Å². The molecule has 1 saturated heterocycles. The van der Waals surface area contributed by atoms with Gasteiger partial charge in [-0.2, -0.15) is 0 Å². The van der Waals surface area contributed by atoms with Crippen molar-refractivity contribution in [1.29, 1.82) is 0 Å². The van der Waals surface area contributed by atoms with E-state index in [1.807, 2.05) is 0 Å². The Morgan fingerprint density at radius 3 is 2.42 bits per heavy atom. The summed E-state index contributed by atoms with van der Waals surface area (Å²) in [5, 5.41) is 47.3. The number of carboxylic acids is 1. The second kappa shape index (κ2) is 8.70. The molecule has 0 aromatic rings. The number of hydrogen-bond acceptors (Lipinski definition) is 7. The highest BCUT2D eigenvalue weighted by Gasteiger charge is 2.44. The van der Waals surface area contributed by atoms with Crippen molar-refractivity contribution in [2.45, 2.75) is 63.0 Å². The summed E-state index contributed by atoms with van der Waals surface area (Å²) in [6.07, 6.45) is -2.48. The van der Waals surface area contributed by atoms with E-state index in [4.69, 9.17) is 19.7 Å². The number of aliphatic hydroxyl groups is 4. The van der Waals surface area contributed by atoms with Gasteiger partial charge in [-0.25, -0.2) is 4.79 Å². The number of ether oxygens (including phenoxy) is 2. The van der Waals surface area contributed by atoms with Crippen LogP contribution in [0.1, 0.15) is 26.7 Å². The number of aliphatic hydroxyl groups excluding tert-OH is 4. The van der Waals surface area contributed by atoms with E-state index in [1.165, 1.54) is 12.2 Å². The lowest BCUT2D eigenvalue weighted by molar-refractivity contribution is -0.313. The molecule has 6 atom stereocenters. The van der Waals surface area contributed by atoms with Gasteiger partial charge in [-0.15, -0.1) is 6.58 Å². The zero-order valence-corrected chi connectivity index (χ0v) is 13.8. The molecular weight excluding hydrogens is 320 g/mol. The molecule has 5 N–H and O–H groups in total. The summed E-state index contributed by atoms with van der Waals surface area (Å²) in [5.41, 5.74) is -1.09. The molecule has 0 bridgehead atoms. The summed E-state index contributed by atoms with van der Waals surface area (Å²) in [7, 11) is 0. The predicted octanol–water partition coefficient (Wildman–Crippen LogP) is -0.441. The van der Waals surface area contributed by atoms with Crippen molar-refractivity contribution >= 4 is 5.97 Å². The highest BCUT2D eigenvalue weighted by Crippen LogP contribution is 2.28. The lowest BCUT2D eigenvalue weighted by Gasteiger charge is -2.42. The van der Waals surface area contributed by atoms with E-state index >= 15 is 0 Å². The van der Waals surface area contributed by atoms with Crippen molar-refractivity contribution in [2.75, 3.05) is 6.61 Å². The van der Waals surface area contributed by atoms with Gasteiger partial charge >= 0.3 is 5.97 Å². The minimum atomic E-state index is -1.43. The van der Waals surface area contributed by atoms with Crippen molar-refractivity contribution in [2.24, 2.45) is 0 Å². The predicted molar refractivity (Wildman–Crippen MR) is 84.1 cm³/mol. The minimum absolute atomic E-state index is 0.123. The van der Waals surface area contributed by atoms with E-state index in [1.54, 1.807) is 13.8 Å². The second-order valence-corrected chi connectivity index (χ2v) is 6.05. The first-order valence-corrected chi connectivity index (χ1v) is 7.69. The number of hydrogen-bond donors (Lipinski definition) is 5. The van der Waals surface area contributed by atoms with Gasteiger partial charge in [0.1, 0.15) is 18.3 Å². The summed E-state index contributed by atoms with van der Waals surface area (Å²) in [4.78, 5) is 10.8. The van der Waals surface area contributed by atoms with Crippen molar-refractivity contribution in [3.05, 3.63) is 24.3 Å². The fraction of sp³-hybridized carbons (Fsp3) is 0.688. The molecule has 0 aromatic carbocycles. The van der Waals surface area contributed by atoms with Crippen LogP contribution in [0.4, 0.5) is 0 Å². The zero-order valence-electron chi connectivity index (χ0n) is 13.8. The summed E-state index contributed by atoms with van der Waals surface area (Å²) in [6.45, 7) is 6.31. The maximum atomic E-state index is 10.8. The Bertz CT molecular complexity index is 477. The van der Waals surface area contributed by atoms with Crippen molar-refractivity contribution in [1.82, 2.24) is 0 Å². The molecule has 1 rings (SSSR count). The van der Waals surface area contributed by atoms with E-state index in [0.29, 0.717) is 6.42 Å². The fourth-order valence-corrected chi connectivity index (χ4v) is 2.34. The summed E-state index contributed by atoms with van der Waals surface area (Å²) >= 11 is 0. The van der Waals surface area contributed by atoms with Crippen molar-refractivity contribution < 1.29 is 39.8 Å². The number of carbonyl (C=O) groups is 1. The maximum absolute atomic E-state index is 10.8. The summed E-state index contributed by atoms with van der Waals surface area (Å²) in [6, 6.07) is 0. The molecule has 8 nitrogen and oxygen atoms in total. The lowest BCUT2D eigenvalue weighted by Crippen LogP contribution is -2.58. The third-order valence-corrected chi connectivity index (χ3v) is 4.10. The molecule has 24 heavy (non-hydrogen) atoms.